The van der Waals surface area contributed by atoms with Crippen molar-refractivity contribution in [3.8, 4) is 0 Å². The van der Waals surface area contributed by atoms with Gasteiger partial charge in [0, 0.05) is 18.7 Å². The summed E-state index contributed by atoms with van der Waals surface area (Å²) in [4.78, 5) is 40.9. The van der Waals surface area contributed by atoms with E-state index in [-0.39, 0.29) is 28.3 Å². The molecule has 3 aromatic rings. The predicted octanol–water partition coefficient (Wildman–Crippen LogP) is 3.20. The fourth-order valence-electron chi connectivity index (χ4n) is 3.91. The molecule has 1 aliphatic heterocycles. The molecule has 0 aliphatic carbocycles. The third kappa shape index (κ3) is 3.35. The first-order valence-corrected chi connectivity index (χ1v) is 9.64. The van der Waals surface area contributed by atoms with Gasteiger partial charge in [-0.15, -0.1) is 0 Å². The fourth-order valence-corrected chi connectivity index (χ4v) is 3.91. The summed E-state index contributed by atoms with van der Waals surface area (Å²) in [6, 6.07) is 12.1. The number of benzene rings is 2. The number of carbonyl (C=O) groups is 1. The summed E-state index contributed by atoms with van der Waals surface area (Å²) >= 11 is 0. The first-order valence-electron chi connectivity index (χ1n) is 9.64. The van der Waals surface area contributed by atoms with Crippen molar-refractivity contribution in [3.63, 3.8) is 0 Å². The largest absolute Gasteiger partial charge is 0.450 e. The summed E-state index contributed by atoms with van der Waals surface area (Å²) in [5.41, 5.74) is 0.731. The van der Waals surface area contributed by atoms with Crippen molar-refractivity contribution >= 4 is 22.6 Å². The molecule has 8 heteroatoms. The van der Waals surface area contributed by atoms with Gasteiger partial charge in [0.2, 0.25) is 5.76 Å². The van der Waals surface area contributed by atoms with Crippen LogP contribution < -0.4 is 5.43 Å². The Hall–Kier alpha value is -3.52. The quantitative estimate of drug-likeness (QED) is 0.460. The number of nitrogens with zero attached hydrogens (tertiary/aromatic N) is 3. The molecule has 8 nitrogen and oxygen atoms in total. The van der Waals surface area contributed by atoms with E-state index in [1.807, 2.05) is 19.0 Å². The smallest absolute Gasteiger partial charge is 0.290 e. The Balaban J connectivity index is 1.89. The minimum Gasteiger partial charge on any atom is -0.450 e. The lowest BCUT2D eigenvalue weighted by Gasteiger charge is -2.25. The van der Waals surface area contributed by atoms with Crippen LogP contribution in [0.4, 0.5) is 5.69 Å². The van der Waals surface area contributed by atoms with Gasteiger partial charge in [-0.05, 0) is 44.8 Å². The van der Waals surface area contributed by atoms with Crippen LogP contribution in [0.2, 0.25) is 0 Å². The standard InChI is InChI=1S/C22H21N3O5/c1-23(2)11-6-12-24-19(14-7-5-8-15(13-14)25(28)29)18-20(26)16-9-3-4-10-17(16)30-21(18)22(24)27/h3-5,7-10,13,19H,6,11-12H2,1-2H3/t19-/m0/s1. The van der Waals surface area contributed by atoms with Crippen molar-refractivity contribution < 1.29 is 14.1 Å². The summed E-state index contributed by atoms with van der Waals surface area (Å²) < 4.78 is 5.85. The summed E-state index contributed by atoms with van der Waals surface area (Å²) in [5.74, 6) is -0.358. The van der Waals surface area contributed by atoms with Crippen LogP contribution in [-0.4, -0.2) is 47.8 Å². The highest BCUT2D eigenvalue weighted by molar-refractivity contribution is 5.99. The zero-order valence-electron chi connectivity index (χ0n) is 16.7. The van der Waals surface area contributed by atoms with Gasteiger partial charge in [0.25, 0.3) is 11.6 Å². The SMILES string of the molecule is CN(C)CCCN1C(=O)c2oc3ccccc3c(=O)c2[C@@H]1c1cccc([N+](=O)[O-])c1. The molecule has 0 radical (unpaired) electrons. The number of hydrogen-bond acceptors (Lipinski definition) is 6. The topological polar surface area (TPSA) is 96.9 Å². The van der Waals surface area contributed by atoms with E-state index in [9.17, 15) is 19.7 Å². The van der Waals surface area contributed by atoms with Crippen LogP contribution in [-0.2, 0) is 0 Å². The van der Waals surface area contributed by atoms with E-state index >= 15 is 0 Å². The minimum atomic E-state index is -0.726. The number of non-ortho nitro benzene ring substituents is 1. The van der Waals surface area contributed by atoms with Crippen LogP contribution in [0.1, 0.15) is 34.1 Å². The maximum Gasteiger partial charge on any atom is 0.290 e. The van der Waals surface area contributed by atoms with E-state index in [2.05, 4.69) is 0 Å². The molecule has 4 rings (SSSR count). The first-order chi connectivity index (χ1) is 14.4. The molecule has 1 amide bonds. The van der Waals surface area contributed by atoms with Gasteiger partial charge >= 0.3 is 0 Å². The van der Waals surface area contributed by atoms with E-state index in [0.29, 0.717) is 29.5 Å². The van der Waals surface area contributed by atoms with Crippen LogP contribution in [0.25, 0.3) is 11.0 Å². The Morgan fingerprint density at radius 2 is 1.90 bits per heavy atom. The van der Waals surface area contributed by atoms with Gasteiger partial charge in [0.05, 0.1) is 21.9 Å². The molecule has 0 fully saturated rings. The lowest BCUT2D eigenvalue weighted by atomic mass is 9.98. The highest BCUT2D eigenvalue weighted by Crippen LogP contribution is 2.39. The third-order valence-electron chi connectivity index (χ3n) is 5.27. The number of nitro benzene ring substituents is 1. The van der Waals surface area contributed by atoms with E-state index in [1.54, 1.807) is 41.3 Å². The van der Waals surface area contributed by atoms with Crippen LogP contribution in [0.5, 0.6) is 0 Å². The Morgan fingerprint density at radius 1 is 1.13 bits per heavy atom. The molecule has 0 spiro atoms. The molecule has 1 aliphatic rings. The maximum absolute atomic E-state index is 13.3. The molecule has 0 saturated carbocycles. The van der Waals surface area contributed by atoms with E-state index < -0.39 is 11.0 Å². The van der Waals surface area contributed by atoms with Gasteiger partial charge in [0.1, 0.15) is 5.58 Å². The zero-order chi connectivity index (χ0) is 21.4. The second kappa shape index (κ2) is 7.72. The Labute approximate surface area is 172 Å². The van der Waals surface area contributed by atoms with Crippen LogP contribution in [0.15, 0.2) is 57.7 Å². The van der Waals surface area contributed by atoms with E-state index in [4.69, 9.17) is 4.42 Å². The number of fused-ring (bicyclic) bond motifs is 2. The summed E-state index contributed by atoms with van der Waals surface area (Å²) in [5, 5.41) is 11.7. The number of hydrogen-bond donors (Lipinski definition) is 0. The van der Waals surface area contributed by atoms with Crippen molar-refractivity contribution in [2.45, 2.75) is 12.5 Å². The molecule has 30 heavy (non-hydrogen) atoms. The van der Waals surface area contributed by atoms with Gasteiger partial charge in [-0.2, -0.15) is 0 Å². The molecule has 2 aromatic carbocycles. The maximum atomic E-state index is 13.3. The average Bonchev–Trinajstić information content (AvgIpc) is 3.00. The third-order valence-corrected chi connectivity index (χ3v) is 5.27. The number of carbonyl (C=O) groups excluding carboxylic acids is 1. The highest BCUT2D eigenvalue weighted by atomic mass is 16.6. The van der Waals surface area contributed by atoms with E-state index in [0.717, 1.165) is 6.54 Å². The second-order valence-corrected chi connectivity index (χ2v) is 7.58. The van der Waals surface area contributed by atoms with Crippen molar-refractivity contribution in [1.82, 2.24) is 9.80 Å². The molecule has 0 unspecified atom stereocenters. The van der Waals surface area contributed by atoms with Crippen LogP contribution >= 0.6 is 0 Å². The molecule has 0 N–H and O–H groups in total. The lowest BCUT2D eigenvalue weighted by Crippen LogP contribution is -2.32. The van der Waals surface area contributed by atoms with Gasteiger partial charge < -0.3 is 14.2 Å². The summed E-state index contributed by atoms with van der Waals surface area (Å²) in [6.45, 7) is 1.15. The van der Waals surface area contributed by atoms with Gasteiger partial charge in [-0.1, -0.05) is 24.3 Å². The van der Waals surface area contributed by atoms with Crippen molar-refractivity contribution in [2.75, 3.05) is 27.2 Å². The molecular weight excluding hydrogens is 386 g/mol. The summed E-state index contributed by atoms with van der Waals surface area (Å²) in [6.07, 6.45) is 0.686. The second-order valence-electron chi connectivity index (χ2n) is 7.58. The average molecular weight is 407 g/mol. The lowest BCUT2D eigenvalue weighted by molar-refractivity contribution is -0.384. The monoisotopic (exact) mass is 407 g/mol. The van der Waals surface area contributed by atoms with Crippen molar-refractivity contribution in [2.24, 2.45) is 0 Å². The van der Waals surface area contributed by atoms with E-state index in [1.165, 1.54) is 12.1 Å². The van der Waals surface area contributed by atoms with Crippen LogP contribution in [0.3, 0.4) is 0 Å². The Bertz CT molecular complexity index is 1200. The van der Waals surface area contributed by atoms with Gasteiger partial charge in [-0.3, -0.25) is 19.7 Å². The summed E-state index contributed by atoms with van der Waals surface area (Å²) in [7, 11) is 3.88. The number of para-hydroxylation sites is 1. The Kier molecular flexibility index (Phi) is 5.09. The normalized spacial score (nSPS) is 15.8. The molecule has 154 valence electrons. The molecular formula is C22H21N3O5. The zero-order valence-corrected chi connectivity index (χ0v) is 16.7. The molecule has 2 heterocycles. The minimum absolute atomic E-state index is 0.0139. The molecule has 1 atom stereocenters. The highest BCUT2D eigenvalue weighted by Gasteiger charge is 2.42. The number of rotatable bonds is 6. The van der Waals surface area contributed by atoms with Crippen LogP contribution in [0, 0.1) is 10.1 Å². The van der Waals surface area contributed by atoms with Crippen molar-refractivity contribution in [1.29, 1.82) is 0 Å². The fraction of sp³-hybridized carbons (Fsp3) is 0.273. The molecule has 0 saturated heterocycles. The first kappa shape index (κ1) is 19.8. The number of amides is 1. The van der Waals surface area contributed by atoms with Crippen molar-refractivity contribution in [3.05, 3.63) is 85.8 Å². The predicted molar refractivity (Wildman–Crippen MR) is 112 cm³/mol. The van der Waals surface area contributed by atoms with Gasteiger partial charge in [0.15, 0.2) is 5.43 Å². The molecule has 0 bridgehead atoms. The van der Waals surface area contributed by atoms with Gasteiger partial charge in [-0.25, -0.2) is 0 Å². The number of nitro groups is 1. The molecule has 1 aromatic heterocycles. The Morgan fingerprint density at radius 3 is 2.63 bits per heavy atom.